The number of hydrogen-bond donors (Lipinski definition) is 2. The lowest BCUT2D eigenvalue weighted by atomic mass is 10.2. The summed E-state index contributed by atoms with van der Waals surface area (Å²) in [6.45, 7) is 7.13. The van der Waals surface area contributed by atoms with Gasteiger partial charge in [-0.3, -0.25) is 4.79 Å². The fourth-order valence-electron chi connectivity index (χ4n) is 2.73. The summed E-state index contributed by atoms with van der Waals surface area (Å²) >= 11 is 0. The van der Waals surface area contributed by atoms with Gasteiger partial charge in [-0.15, -0.1) is 0 Å². The van der Waals surface area contributed by atoms with E-state index in [1.165, 1.54) is 4.90 Å². The molecule has 3 heterocycles. The lowest BCUT2D eigenvalue weighted by Gasteiger charge is -2.34. The predicted octanol–water partition coefficient (Wildman–Crippen LogP) is -0.495. The first-order valence-corrected chi connectivity index (χ1v) is 7.74. The van der Waals surface area contributed by atoms with Gasteiger partial charge in [-0.1, -0.05) is 5.16 Å². The van der Waals surface area contributed by atoms with Crippen LogP contribution in [-0.4, -0.2) is 53.3 Å². The van der Waals surface area contributed by atoms with Crippen LogP contribution in [0, 0.1) is 6.92 Å². The number of rotatable bonds is 4. The van der Waals surface area contributed by atoms with E-state index in [9.17, 15) is 4.79 Å². The highest BCUT2D eigenvalue weighted by Gasteiger charge is 2.30. The molecule has 8 heteroatoms. The Balaban J connectivity index is 1.53. The molecule has 1 aliphatic heterocycles. The minimum atomic E-state index is -0.147. The number of nitrogens with zero attached hydrogens (tertiary/aromatic N) is 4. The van der Waals surface area contributed by atoms with Crippen molar-refractivity contribution in [1.29, 1.82) is 0 Å². The number of carbonyl (C=O) groups is 1. The number of quaternary nitrogens is 1. The highest BCUT2D eigenvalue weighted by molar-refractivity contribution is 5.92. The van der Waals surface area contributed by atoms with Gasteiger partial charge in [0.1, 0.15) is 5.76 Å². The fraction of sp³-hybridized carbons (Fsp3) is 0.467. The van der Waals surface area contributed by atoms with E-state index < -0.39 is 0 Å². The molecular formula is C15H21N6O2+. The quantitative estimate of drug-likeness (QED) is 0.791. The molecule has 2 N–H and O–H groups in total. The second-order valence-corrected chi connectivity index (χ2v) is 5.73. The molecular weight excluding hydrogens is 296 g/mol. The third kappa shape index (κ3) is 3.65. The first-order chi connectivity index (χ1) is 11.1. The van der Waals surface area contributed by atoms with Gasteiger partial charge in [0, 0.05) is 18.5 Å². The summed E-state index contributed by atoms with van der Waals surface area (Å²) in [5, 5.41) is 6.59. The Morgan fingerprint density at radius 1 is 1.35 bits per heavy atom. The predicted molar refractivity (Wildman–Crippen MR) is 84.3 cm³/mol. The number of piperazine rings is 1. The number of amides is 1. The van der Waals surface area contributed by atoms with Gasteiger partial charge >= 0.3 is 0 Å². The topological polar surface area (TPSA) is 88.6 Å². The Kier molecular flexibility index (Phi) is 4.52. The zero-order chi connectivity index (χ0) is 16.2. The standard InChI is InChI=1S/C15H20N6O2/c1-11-10-13(19-23-11)18-14(22)12(2)20-6-8-21(9-7-20)15-16-4-3-5-17-15/h3-5,10,12H,6-9H2,1-2H3,(H,18,19,22)/p+1/t12-/m1/s1. The molecule has 122 valence electrons. The van der Waals surface area contributed by atoms with Crippen molar-refractivity contribution in [3.05, 3.63) is 30.3 Å². The maximum Gasteiger partial charge on any atom is 0.283 e. The molecule has 0 unspecified atom stereocenters. The van der Waals surface area contributed by atoms with Gasteiger partial charge in [-0.05, 0) is 19.9 Å². The number of nitrogens with one attached hydrogen (secondary N) is 2. The zero-order valence-corrected chi connectivity index (χ0v) is 13.3. The summed E-state index contributed by atoms with van der Waals surface area (Å²) in [7, 11) is 0. The third-order valence-corrected chi connectivity index (χ3v) is 4.13. The van der Waals surface area contributed by atoms with Crippen LogP contribution in [0.5, 0.6) is 0 Å². The highest BCUT2D eigenvalue weighted by atomic mass is 16.5. The van der Waals surface area contributed by atoms with Crippen molar-refractivity contribution < 1.29 is 14.2 Å². The molecule has 1 aliphatic rings. The van der Waals surface area contributed by atoms with Crippen molar-refractivity contribution in [3.8, 4) is 0 Å². The molecule has 0 spiro atoms. The summed E-state index contributed by atoms with van der Waals surface area (Å²) in [5.41, 5.74) is 0. The van der Waals surface area contributed by atoms with Gasteiger partial charge in [-0.2, -0.15) is 0 Å². The van der Waals surface area contributed by atoms with Crippen LogP contribution < -0.4 is 15.1 Å². The minimum Gasteiger partial charge on any atom is -0.360 e. The average molecular weight is 317 g/mol. The number of aromatic nitrogens is 3. The van der Waals surface area contributed by atoms with Gasteiger partial charge in [-0.25, -0.2) is 9.97 Å². The van der Waals surface area contributed by atoms with Gasteiger partial charge < -0.3 is 19.6 Å². The number of hydrogen-bond acceptors (Lipinski definition) is 6. The van der Waals surface area contributed by atoms with E-state index in [2.05, 4.69) is 25.3 Å². The summed E-state index contributed by atoms with van der Waals surface area (Å²) in [6.07, 6.45) is 3.50. The van der Waals surface area contributed by atoms with Crippen molar-refractivity contribution in [3.63, 3.8) is 0 Å². The van der Waals surface area contributed by atoms with E-state index in [4.69, 9.17) is 4.52 Å². The van der Waals surface area contributed by atoms with Crippen molar-refractivity contribution in [2.24, 2.45) is 0 Å². The highest BCUT2D eigenvalue weighted by Crippen LogP contribution is 2.07. The lowest BCUT2D eigenvalue weighted by Crippen LogP contribution is -3.19. The van der Waals surface area contributed by atoms with E-state index in [0.29, 0.717) is 11.6 Å². The Morgan fingerprint density at radius 2 is 2.04 bits per heavy atom. The first-order valence-electron chi connectivity index (χ1n) is 7.74. The van der Waals surface area contributed by atoms with Crippen LogP contribution in [0.1, 0.15) is 12.7 Å². The summed E-state index contributed by atoms with van der Waals surface area (Å²) in [4.78, 5) is 24.3. The Morgan fingerprint density at radius 3 is 2.65 bits per heavy atom. The number of anilines is 2. The molecule has 0 saturated carbocycles. The molecule has 1 amide bonds. The van der Waals surface area contributed by atoms with Crippen LogP contribution in [0.4, 0.5) is 11.8 Å². The molecule has 2 aromatic rings. The molecule has 1 fully saturated rings. The molecule has 1 saturated heterocycles. The summed E-state index contributed by atoms with van der Waals surface area (Å²) in [6, 6.07) is 3.37. The molecule has 23 heavy (non-hydrogen) atoms. The van der Waals surface area contributed by atoms with Crippen LogP contribution in [0.15, 0.2) is 29.0 Å². The van der Waals surface area contributed by atoms with E-state index >= 15 is 0 Å². The third-order valence-electron chi connectivity index (χ3n) is 4.13. The molecule has 3 rings (SSSR count). The van der Waals surface area contributed by atoms with E-state index in [0.717, 1.165) is 32.1 Å². The van der Waals surface area contributed by atoms with E-state index in [1.54, 1.807) is 25.4 Å². The Hall–Kier alpha value is -2.48. The maximum absolute atomic E-state index is 12.3. The van der Waals surface area contributed by atoms with Crippen LogP contribution in [0.2, 0.25) is 0 Å². The second-order valence-electron chi connectivity index (χ2n) is 5.73. The fourth-order valence-corrected chi connectivity index (χ4v) is 2.73. The molecule has 8 nitrogen and oxygen atoms in total. The number of carbonyl (C=O) groups excluding carboxylic acids is 1. The van der Waals surface area contributed by atoms with Crippen molar-refractivity contribution >= 4 is 17.7 Å². The van der Waals surface area contributed by atoms with Crippen molar-refractivity contribution in [2.45, 2.75) is 19.9 Å². The summed E-state index contributed by atoms with van der Waals surface area (Å²) < 4.78 is 4.96. The lowest BCUT2D eigenvalue weighted by molar-refractivity contribution is -0.914. The first kappa shape index (κ1) is 15.4. The maximum atomic E-state index is 12.3. The molecule has 1 atom stereocenters. The molecule has 0 radical (unpaired) electrons. The minimum absolute atomic E-state index is 0.0438. The average Bonchev–Trinajstić information content (AvgIpc) is 3.00. The molecule has 0 aromatic carbocycles. The SMILES string of the molecule is Cc1cc(NC(=O)[C@@H](C)[NH+]2CCN(c3ncccn3)CC2)no1. The van der Waals surface area contributed by atoms with Crippen LogP contribution >= 0.6 is 0 Å². The van der Waals surface area contributed by atoms with Crippen LogP contribution in [-0.2, 0) is 4.79 Å². The smallest absolute Gasteiger partial charge is 0.283 e. The second kappa shape index (κ2) is 6.74. The van der Waals surface area contributed by atoms with Gasteiger partial charge in [0.25, 0.3) is 5.91 Å². The van der Waals surface area contributed by atoms with Gasteiger partial charge in [0.2, 0.25) is 5.95 Å². The van der Waals surface area contributed by atoms with E-state index in [-0.39, 0.29) is 11.9 Å². The largest absolute Gasteiger partial charge is 0.360 e. The number of aryl methyl sites for hydroxylation is 1. The van der Waals surface area contributed by atoms with E-state index in [1.807, 2.05) is 13.0 Å². The summed E-state index contributed by atoms with van der Waals surface area (Å²) in [5.74, 6) is 1.85. The Bertz CT molecular complexity index is 651. The Labute approximate surface area is 134 Å². The van der Waals surface area contributed by atoms with Gasteiger partial charge in [0.05, 0.1) is 26.2 Å². The zero-order valence-electron chi connectivity index (χ0n) is 13.3. The van der Waals surface area contributed by atoms with Crippen LogP contribution in [0.3, 0.4) is 0 Å². The molecule has 2 aromatic heterocycles. The van der Waals surface area contributed by atoms with Crippen molar-refractivity contribution in [2.75, 3.05) is 36.4 Å². The normalized spacial score (nSPS) is 17.0. The molecule has 0 aliphatic carbocycles. The van der Waals surface area contributed by atoms with Crippen molar-refractivity contribution in [1.82, 2.24) is 15.1 Å². The van der Waals surface area contributed by atoms with Crippen LogP contribution in [0.25, 0.3) is 0 Å². The van der Waals surface area contributed by atoms with Gasteiger partial charge in [0.15, 0.2) is 11.9 Å². The molecule has 0 bridgehead atoms. The monoisotopic (exact) mass is 317 g/mol.